The van der Waals surface area contributed by atoms with Gasteiger partial charge < -0.3 is 5.73 Å². The van der Waals surface area contributed by atoms with Crippen LogP contribution in [0.4, 0.5) is 4.39 Å². The molecule has 0 atom stereocenters. The molecule has 0 aliphatic heterocycles. The van der Waals surface area contributed by atoms with E-state index in [1.54, 1.807) is 0 Å². The van der Waals surface area contributed by atoms with Gasteiger partial charge in [-0.2, -0.15) is 0 Å². The zero-order chi connectivity index (χ0) is 7.61. The first-order chi connectivity index (χ1) is 4.64. The van der Waals surface area contributed by atoms with Gasteiger partial charge >= 0.3 is 0 Å². The predicted molar refractivity (Wildman–Crippen MR) is 48.9 cm³/mol. The largest absolute Gasteiger partial charge is 0.330 e. The fraction of sp³-hybridized carbons (Fsp3) is 1.00. The average Bonchev–Trinajstić information content (AvgIpc) is 1.88. The smallest absolute Gasteiger partial charge is 0.161 e. The fourth-order valence-corrected chi connectivity index (χ4v) is 1.96. The molecule has 1 aliphatic carbocycles. The molecule has 0 amide bonds. The SMILES string of the molecule is NCC1CCC(F)(I)CC1. The number of alkyl halides is 2. The van der Waals surface area contributed by atoms with Crippen molar-refractivity contribution in [1.29, 1.82) is 0 Å². The summed E-state index contributed by atoms with van der Waals surface area (Å²) in [6, 6.07) is 0. The Morgan fingerprint density at radius 2 is 2.00 bits per heavy atom. The zero-order valence-electron chi connectivity index (χ0n) is 5.95. The Kier molecular flexibility index (Phi) is 2.91. The Labute approximate surface area is 74.7 Å². The maximum absolute atomic E-state index is 13.1. The molecule has 0 aromatic rings. The van der Waals surface area contributed by atoms with E-state index in [9.17, 15) is 4.39 Å². The van der Waals surface area contributed by atoms with Crippen LogP contribution in [-0.2, 0) is 0 Å². The lowest BCUT2D eigenvalue weighted by Gasteiger charge is -2.28. The van der Waals surface area contributed by atoms with Gasteiger partial charge in [0.1, 0.15) is 0 Å². The molecule has 0 saturated heterocycles. The van der Waals surface area contributed by atoms with E-state index in [2.05, 4.69) is 0 Å². The third-order valence-corrected chi connectivity index (χ3v) is 3.25. The molecule has 1 rings (SSSR count). The standard InChI is InChI=1S/C7H13FIN/c8-7(9)3-1-6(5-10)2-4-7/h6H,1-5,10H2. The average molecular weight is 257 g/mol. The van der Waals surface area contributed by atoms with E-state index in [4.69, 9.17) is 5.73 Å². The quantitative estimate of drug-likeness (QED) is 0.565. The molecule has 60 valence electrons. The Balaban J connectivity index is 2.31. The van der Waals surface area contributed by atoms with Crippen molar-refractivity contribution in [2.75, 3.05) is 6.54 Å². The van der Waals surface area contributed by atoms with Crippen LogP contribution in [-0.4, -0.2) is 10.2 Å². The van der Waals surface area contributed by atoms with Crippen LogP contribution in [0.2, 0.25) is 0 Å². The molecule has 0 aromatic carbocycles. The van der Waals surface area contributed by atoms with Crippen molar-refractivity contribution in [2.24, 2.45) is 11.7 Å². The van der Waals surface area contributed by atoms with Crippen molar-refractivity contribution in [3.8, 4) is 0 Å². The van der Waals surface area contributed by atoms with Crippen molar-refractivity contribution in [3.05, 3.63) is 0 Å². The van der Waals surface area contributed by atoms with E-state index in [1.165, 1.54) is 0 Å². The maximum atomic E-state index is 13.1. The van der Waals surface area contributed by atoms with Crippen molar-refractivity contribution in [1.82, 2.24) is 0 Å². The Hall–Kier alpha value is 0.620. The summed E-state index contributed by atoms with van der Waals surface area (Å²) in [6.45, 7) is 0.729. The second-order valence-electron chi connectivity index (χ2n) is 3.04. The molecule has 0 aromatic heterocycles. The molecule has 0 radical (unpaired) electrons. The van der Waals surface area contributed by atoms with Gasteiger partial charge in [-0.05, 0) is 60.7 Å². The number of halogens is 2. The number of nitrogens with two attached hydrogens (primary N) is 1. The lowest BCUT2D eigenvalue weighted by atomic mass is 9.88. The molecular formula is C7H13FIN. The van der Waals surface area contributed by atoms with Crippen LogP contribution < -0.4 is 5.73 Å². The second kappa shape index (κ2) is 3.34. The van der Waals surface area contributed by atoms with Gasteiger partial charge in [-0.15, -0.1) is 0 Å². The van der Waals surface area contributed by atoms with E-state index in [-0.39, 0.29) is 0 Å². The highest BCUT2D eigenvalue weighted by Gasteiger charge is 2.31. The van der Waals surface area contributed by atoms with Gasteiger partial charge in [-0.25, -0.2) is 4.39 Å². The predicted octanol–water partition coefficient (Wildman–Crippen LogP) is 2.24. The highest BCUT2D eigenvalue weighted by atomic mass is 127. The normalized spacial score (nSPS) is 41.7. The summed E-state index contributed by atoms with van der Waals surface area (Å²) >= 11 is 1.91. The summed E-state index contributed by atoms with van der Waals surface area (Å²) in [5.74, 6) is 0.582. The number of rotatable bonds is 1. The first kappa shape index (κ1) is 8.71. The highest BCUT2D eigenvalue weighted by Crippen LogP contribution is 2.39. The van der Waals surface area contributed by atoms with E-state index in [1.807, 2.05) is 22.6 Å². The van der Waals surface area contributed by atoms with Crippen molar-refractivity contribution in [2.45, 2.75) is 29.4 Å². The molecule has 0 unspecified atom stereocenters. The topological polar surface area (TPSA) is 26.0 Å². The maximum Gasteiger partial charge on any atom is 0.161 e. The molecule has 10 heavy (non-hydrogen) atoms. The van der Waals surface area contributed by atoms with Gasteiger partial charge in [0.15, 0.2) is 3.68 Å². The lowest BCUT2D eigenvalue weighted by Crippen LogP contribution is -2.26. The van der Waals surface area contributed by atoms with Crippen molar-refractivity contribution >= 4 is 22.6 Å². The molecule has 0 bridgehead atoms. The van der Waals surface area contributed by atoms with Gasteiger partial charge in [0.2, 0.25) is 0 Å². The summed E-state index contributed by atoms with van der Waals surface area (Å²) in [5.41, 5.74) is 5.47. The summed E-state index contributed by atoms with van der Waals surface area (Å²) in [7, 11) is 0. The molecule has 1 saturated carbocycles. The van der Waals surface area contributed by atoms with E-state index < -0.39 is 3.68 Å². The molecule has 0 heterocycles. The van der Waals surface area contributed by atoms with E-state index in [0.29, 0.717) is 18.8 Å². The minimum atomic E-state index is -0.927. The van der Waals surface area contributed by atoms with E-state index >= 15 is 0 Å². The monoisotopic (exact) mass is 257 g/mol. The summed E-state index contributed by atoms with van der Waals surface area (Å²) in [5, 5.41) is 0. The third kappa shape index (κ3) is 2.34. The Morgan fingerprint density at radius 1 is 1.50 bits per heavy atom. The highest BCUT2D eigenvalue weighted by molar-refractivity contribution is 14.1. The van der Waals surface area contributed by atoms with Gasteiger partial charge in [-0.3, -0.25) is 0 Å². The van der Waals surface area contributed by atoms with Gasteiger partial charge in [0.25, 0.3) is 0 Å². The summed E-state index contributed by atoms with van der Waals surface area (Å²) < 4.78 is 12.2. The first-order valence-corrected chi connectivity index (χ1v) is 4.80. The fourth-order valence-electron chi connectivity index (χ4n) is 1.34. The summed E-state index contributed by atoms with van der Waals surface area (Å²) in [6.07, 6.45) is 3.32. The zero-order valence-corrected chi connectivity index (χ0v) is 8.10. The number of hydrogen-bond donors (Lipinski definition) is 1. The lowest BCUT2D eigenvalue weighted by molar-refractivity contribution is 0.194. The van der Waals surface area contributed by atoms with Crippen LogP contribution in [0.1, 0.15) is 25.7 Å². The van der Waals surface area contributed by atoms with Crippen molar-refractivity contribution < 1.29 is 4.39 Å². The van der Waals surface area contributed by atoms with Gasteiger partial charge in [0, 0.05) is 0 Å². The van der Waals surface area contributed by atoms with Crippen LogP contribution in [0.3, 0.4) is 0 Å². The van der Waals surface area contributed by atoms with Crippen LogP contribution in [0.25, 0.3) is 0 Å². The summed E-state index contributed by atoms with van der Waals surface area (Å²) in [4.78, 5) is 0. The molecule has 3 heteroatoms. The van der Waals surface area contributed by atoms with E-state index in [0.717, 1.165) is 19.4 Å². The molecule has 1 nitrogen and oxygen atoms in total. The molecular weight excluding hydrogens is 244 g/mol. The Morgan fingerprint density at radius 3 is 2.40 bits per heavy atom. The minimum absolute atomic E-state index is 0.582. The molecule has 2 N–H and O–H groups in total. The van der Waals surface area contributed by atoms with Crippen LogP contribution in [0.15, 0.2) is 0 Å². The van der Waals surface area contributed by atoms with Gasteiger partial charge in [-0.1, -0.05) is 0 Å². The van der Waals surface area contributed by atoms with Crippen LogP contribution >= 0.6 is 22.6 Å². The van der Waals surface area contributed by atoms with Crippen molar-refractivity contribution in [3.63, 3.8) is 0 Å². The van der Waals surface area contributed by atoms with Crippen LogP contribution in [0, 0.1) is 5.92 Å². The molecule has 1 fully saturated rings. The van der Waals surface area contributed by atoms with Gasteiger partial charge in [0.05, 0.1) is 0 Å². The molecule has 1 aliphatic rings. The Bertz CT molecular complexity index is 106. The van der Waals surface area contributed by atoms with Crippen LogP contribution in [0.5, 0.6) is 0 Å². The number of hydrogen-bond acceptors (Lipinski definition) is 1. The minimum Gasteiger partial charge on any atom is -0.330 e. The first-order valence-electron chi connectivity index (χ1n) is 3.72. The third-order valence-electron chi connectivity index (χ3n) is 2.17. The second-order valence-corrected chi connectivity index (χ2v) is 4.97. The molecule has 0 spiro atoms.